The van der Waals surface area contributed by atoms with Gasteiger partial charge < -0.3 is 5.32 Å². The Hall–Kier alpha value is -3.47. The Balaban J connectivity index is 1.53. The molecule has 0 atom stereocenters. The van der Waals surface area contributed by atoms with Crippen LogP contribution in [0.4, 0.5) is 4.39 Å². The molecule has 28 heavy (non-hydrogen) atoms. The lowest BCUT2D eigenvalue weighted by Gasteiger charge is -2.08. The van der Waals surface area contributed by atoms with E-state index in [1.54, 1.807) is 23.0 Å². The first-order chi connectivity index (χ1) is 13.6. The largest absolute Gasteiger partial charge is 0.348 e. The summed E-state index contributed by atoms with van der Waals surface area (Å²) in [6.45, 7) is 2.94. The molecule has 4 rings (SSSR count). The average Bonchev–Trinajstić information content (AvgIpc) is 3.09. The van der Waals surface area contributed by atoms with Gasteiger partial charge in [-0.15, -0.1) is 0 Å². The zero-order valence-corrected chi connectivity index (χ0v) is 15.5. The number of carbonyl (C=O) groups is 1. The molecule has 1 N–H and O–H groups in total. The molecular weight excluding hydrogens is 353 g/mol. The van der Waals surface area contributed by atoms with Gasteiger partial charge in [0.2, 0.25) is 0 Å². The number of amides is 1. The van der Waals surface area contributed by atoms with Crippen LogP contribution < -0.4 is 5.32 Å². The second kappa shape index (κ2) is 7.64. The van der Waals surface area contributed by atoms with Crippen LogP contribution in [0.3, 0.4) is 0 Å². The third kappa shape index (κ3) is 3.93. The van der Waals surface area contributed by atoms with Crippen LogP contribution in [0.2, 0.25) is 0 Å². The van der Waals surface area contributed by atoms with E-state index in [1.807, 2.05) is 49.4 Å². The number of aromatic nitrogens is 2. The number of aryl methyl sites for hydroxylation is 1. The molecule has 1 heterocycles. The first-order valence-electron chi connectivity index (χ1n) is 9.12. The molecule has 140 valence electrons. The summed E-state index contributed by atoms with van der Waals surface area (Å²) in [6, 6.07) is 20.0. The van der Waals surface area contributed by atoms with Crippen molar-refractivity contribution in [1.29, 1.82) is 0 Å². The fraction of sp³-hybridized carbons (Fsp3) is 0.130. The van der Waals surface area contributed by atoms with Crippen molar-refractivity contribution in [3.8, 4) is 0 Å². The smallest absolute Gasteiger partial charge is 0.251 e. The minimum absolute atomic E-state index is 0.138. The monoisotopic (exact) mass is 373 g/mol. The minimum Gasteiger partial charge on any atom is -0.348 e. The van der Waals surface area contributed by atoms with Crippen molar-refractivity contribution < 1.29 is 9.18 Å². The van der Waals surface area contributed by atoms with Gasteiger partial charge in [-0.1, -0.05) is 48.0 Å². The van der Waals surface area contributed by atoms with Crippen molar-refractivity contribution in [1.82, 2.24) is 15.1 Å². The predicted octanol–water partition coefficient (Wildman–Crippen LogP) is 4.46. The first kappa shape index (κ1) is 17.9. The summed E-state index contributed by atoms with van der Waals surface area (Å²) < 4.78 is 15.2. The maximum atomic E-state index is 13.4. The third-order valence-corrected chi connectivity index (χ3v) is 4.70. The highest BCUT2D eigenvalue weighted by molar-refractivity contribution is 5.97. The van der Waals surface area contributed by atoms with Crippen LogP contribution in [-0.4, -0.2) is 15.7 Å². The molecule has 4 aromatic rings. The second-order valence-electron chi connectivity index (χ2n) is 6.87. The van der Waals surface area contributed by atoms with Gasteiger partial charge in [0.15, 0.2) is 0 Å². The zero-order valence-electron chi connectivity index (χ0n) is 15.5. The molecule has 0 fully saturated rings. The number of fused-ring (bicyclic) bond motifs is 1. The van der Waals surface area contributed by atoms with Gasteiger partial charge in [0.1, 0.15) is 5.82 Å². The molecule has 4 nitrogen and oxygen atoms in total. The van der Waals surface area contributed by atoms with Crippen LogP contribution >= 0.6 is 0 Å². The molecular formula is C23H20FN3O. The molecule has 0 saturated heterocycles. The number of benzene rings is 3. The summed E-state index contributed by atoms with van der Waals surface area (Å²) in [6.07, 6.45) is 1.75. The van der Waals surface area contributed by atoms with Crippen molar-refractivity contribution in [3.63, 3.8) is 0 Å². The minimum atomic E-state index is -0.273. The van der Waals surface area contributed by atoms with Gasteiger partial charge in [0.05, 0.1) is 18.3 Å². The van der Waals surface area contributed by atoms with E-state index in [2.05, 4.69) is 10.4 Å². The fourth-order valence-electron chi connectivity index (χ4n) is 3.14. The van der Waals surface area contributed by atoms with Crippen LogP contribution in [0.5, 0.6) is 0 Å². The summed E-state index contributed by atoms with van der Waals surface area (Å²) in [5.41, 5.74) is 4.47. The molecule has 0 aliphatic carbocycles. The summed E-state index contributed by atoms with van der Waals surface area (Å²) in [5.74, 6) is -0.411. The van der Waals surface area contributed by atoms with Gasteiger partial charge >= 0.3 is 0 Å². The highest BCUT2D eigenvalue weighted by atomic mass is 19.1. The lowest BCUT2D eigenvalue weighted by molar-refractivity contribution is 0.0951. The number of nitrogens with one attached hydrogen (secondary N) is 1. The van der Waals surface area contributed by atoms with E-state index in [1.165, 1.54) is 17.7 Å². The molecule has 5 heteroatoms. The molecule has 0 spiro atoms. The highest BCUT2D eigenvalue weighted by Gasteiger charge is 2.10. The van der Waals surface area contributed by atoms with Crippen molar-refractivity contribution in [2.75, 3.05) is 0 Å². The Bertz CT molecular complexity index is 1130. The van der Waals surface area contributed by atoms with Gasteiger partial charge in [0, 0.05) is 17.5 Å². The van der Waals surface area contributed by atoms with E-state index < -0.39 is 0 Å². The molecule has 0 bridgehead atoms. The molecule has 1 amide bonds. The Morgan fingerprint density at radius 3 is 2.64 bits per heavy atom. The first-order valence-corrected chi connectivity index (χ1v) is 9.12. The van der Waals surface area contributed by atoms with Gasteiger partial charge in [-0.25, -0.2) is 4.39 Å². The summed E-state index contributed by atoms with van der Waals surface area (Å²) in [4.78, 5) is 12.6. The Morgan fingerprint density at radius 1 is 1.04 bits per heavy atom. The van der Waals surface area contributed by atoms with E-state index in [0.717, 1.165) is 22.0 Å². The fourth-order valence-corrected chi connectivity index (χ4v) is 3.14. The van der Waals surface area contributed by atoms with Gasteiger partial charge in [-0.3, -0.25) is 9.48 Å². The van der Waals surface area contributed by atoms with Crippen LogP contribution in [0.25, 0.3) is 10.9 Å². The zero-order chi connectivity index (χ0) is 19.5. The summed E-state index contributed by atoms with van der Waals surface area (Å²) in [7, 11) is 0. The predicted molar refractivity (Wildman–Crippen MR) is 108 cm³/mol. The average molecular weight is 373 g/mol. The summed E-state index contributed by atoms with van der Waals surface area (Å²) >= 11 is 0. The number of hydrogen-bond donors (Lipinski definition) is 1. The van der Waals surface area contributed by atoms with Crippen molar-refractivity contribution in [2.24, 2.45) is 0 Å². The van der Waals surface area contributed by atoms with Gasteiger partial charge in [-0.05, 0) is 42.3 Å². The number of halogens is 1. The molecule has 0 unspecified atom stereocenters. The van der Waals surface area contributed by atoms with Gasteiger partial charge in [-0.2, -0.15) is 5.10 Å². The standard InChI is InChI=1S/C23H20FN3O/c1-16-5-7-17(8-6-16)13-25-23(28)19-9-10-20-14-26-27(22(20)12-19)15-18-3-2-4-21(24)11-18/h2-12,14H,13,15H2,1H3,(H,25,28). The van der Waals surface area contributed by atoms with E-state index in [9.17, 15) is 9.18 Å². The molecule has 0 saturated carbocycles. The number of carbonyl (C=O) groups excluding carboxylic acids is 1. The topological polar surface area (TPSA) is 46.9 Å². The molecule has 0 aliphatic rings. The van der Waals surface area contributed by atoms with E-state index in [0.29, 0.717) is 18.7 Å². The number of rotatable bonds is 5. The van der Waals surface area contributed by atoms with Crippen LogP contribution in [0.15, 0.2) is 72.9 Å². The highest BCUT2D eigenvalue weighted by Crippen LogP contribution is 2.18. The normalized spacial score (nSPS) is 10.9. The maximum Gasteiger partial charge on any atom is 0.251 e. The third-order valence-electron chi connectivity index (χ3n) is 4.70. The quantitative estimate of drug-likeness (QED) is 0.561. The lowest BCUT2D eigenvalue weighted by atomic mass is 10.1. The van der Waals surface area contributed by atoms with Crippen LogP contribution in [-0.2, 0) is 13.1 Å². The maximum absolute atomic E-state index is 13.4. The van der Waals surface area contributed by atoms with E-state index in [-0.39, 0.29) is 11.7 Å². The number of nitrogens with zero attached hydrogens (tertiary/aromatic N) is 2. The number of hydrogen-bond acceptors (Lipinski definition) is 2. The van der Waals surface area contributed by atoms with E-state index in [4.69, 9.17) is 0 Å². The Labute approximate surface area is 162 Å². The summed E-state index contributed by atoms with van der Waals surface area (Å²) in [5, 5.41) is 8.27. The Morgan fingerprint density at radius 2 is 1.86 bits per heavy atom. The van der Waals surface area contributed by atoms with E-state index >= 15 is 0 Å². The molecule has 0 radical (unpaired) electrons. The van der Waals surface area contributed by atoms with Crippen molar-refractivity contribution in [2.45, 2.75) is 20.0 Å². The molecule has 1 aromatic heterocycles. The van der Waals surface area contributed by atoms with Crippen LogP contribution in [0, 0.1) is 12.7 Å². The van der Waals surface area contributed by atoms with Gasteiger partial charge in [0.25, 0.3) is 5.91 Å². The SMILES string of the molecule is Cc1ccc(CNC(=O)c2ccc3cnn(Cc4cccc(F)c4)c3c2)cc1. The molecule has 3 aromatic carbocycles. The van der Waals surface area contributed by atoms with Crippen molar-refractivity contribution >= 4 is 16.8 Å². The second-order valence-corrected chi connectivity index (χ2v) is 6.87. The molecule has 0 aliphatic heterocycles. The van der Waals surface area contributed by atoms with Crippen LogP contribution in [0.1, 0.15) is 27.0 Å². The lowest BCUT2D eigenvalue weighted by Crippen LogP contribution is -2.22. The Kier molecular flexibility index (Phi) is 4.89. The van der Waals surface area contributed by atoms with Crippen molar-refractivity contribution in [3.05, 3.63) is 101 Å².